The predicted molar refractivity (Wildman–Crippen MR) is 200 cm³/mol. The minimum atomic E-state index is 0.570. The Morgan fingerprint density at radius 1 is 0.400 bits per heavy atom. The Balaban J connectivity index is 1.19. The maximum absolute atomic E-state index is 10.2. The Bertz CT molecular complexity index is 2960. The molecular formula is C45H25N5. The first-order valence-electron chi connectivity index (χ1n) is 16.3. The van der Waals surface area contributed by atoms with Crippen molar-refractivity contribution in [1.82, 2.24) is 9.13 Å². The standard InChI is InChI=1S/C45H25N5/c46-26-29-16-21-43-39(24-29)37-10-2-5-13-41(37)49(43)35-19-17-31(18-20-35)33-22-30(27-47)23-34(25-33)36-9-1-4-12-40(36)50-42-14-6-3-11-38(42)45-32(28-48)8-7-15-44(45)50/h1-25H. The Kier molecular flexibility index (Phi) is 6.56. The predicted octanol–water partition coefficient (Wildman–Crippen LogP) is 10.8. The molecule has 2 aromatic heterocycles. The summed E-state index contributed by atoms with van der Waals surface area (Å²) < 4.78 is 4.45. The molecule has 5 nitrogen and oxygen atoms in total. The van der Waals surface area contributed by atoms with Gasteiger partial charge in [-0.2, -0.15) is 15.8 Å². The molecule has 9 aromatic rings. The number of benzene rings is 7. The number of rotatable bonds is 4. The van der Waals surface area contributed by atoms with E-state index in [0.29, 0.717) is 16.7 Å². The van der Waals surface area contributed by atoms with Gasteiger partial charge in [-0.05, 0) is 95.6 Å². The summed E-state index contributed by atoms with van der Waals surface area (Å²) in [7, 11) is 0. The monoisotopic (exact) mass is 635 g/mol. The molecule has 0 aliphatic carbocycles. The van der Waals surface area contributed by atoms with Gasteiger partial charge in [0.2, 0.25) is 0 Å². The van der Waals surface area contributed by atoms with Gasteiger partial charge in [0.1, 0.15) is 0 Å². The highest BCUT2D eigenvalue weighted by atomic mass is 15.0. The van der Waals surface area contributed by atoms with Gasteiger partial charge in [-0.15, -0.1) is 0 Å². The highest BCUT2D eigenvalue weighted by molar-refractivity contribution is 6.12. The van der Waals surface area contributed by atoms with Gasteiger partial charge in [-0.3, -0.25) is 0 Å². The van der Waals surface area contributed by atoms with Crippen molar-refractivity contribution in [3.63, 3.8) is 0 Å². The highest BCUT2D eigenvalue weighted by Gasteiger charge is 2.18. The quantitative estimate of drug-likeness (QED) is 0.193. The van der Waals surface area contributed by atoms with Crippen LogP contribution in [0.1, 0.15) is 16.7 Å². The molecule has 50 heavy (non-hydrogen) atoms. The molecule has 230 valence electrons. The Morgan fingerprint density at radius 3 is 1.84 bits per heavy atom. The lowest BCUT2D eigenvalue weighted by Crippen LogP contribution is -1.98. The number of nitrogens with zero attached hydrogens (tertiary/aromatic N) is 5. The van der Waals surface area contributed by atoms with Crippen molar-refractivity contribution < 1.29 is 0 Å². The number of hydrogen-bond donors (Lipinski definition) is 0. The molecular weight excluding hydrogens is 611 g/mol. The molecule has 0 bridgehead atoms. The normalized spacial score (nSPS) is 11.1. The van der Waals surface area contributed by atoms with Gasteiger partial charge in [-0.1, -0.05) is 72.8 Å². The van der Waals surface area contributed by atoms with Crippen LogP contribution in [-0.2, 0) is 0 Å². The summed E-state index contributed by atoms with van der Waals surface area (Å²) in [5.41, 5.74) is 11.7. The first-order chi connectivity index (χ1) is 24.7. The maximum atomic E-state index is 10.2. The molecule has 0 N–H and O–H groups in total. The van der Waals surface area contributed by atoms with Crippen molar-refractivity contribution in [2.75, 3.05) is 0 Å². The van der Waals surface area contributed by atoms with E-state index in [0.717, 1.165) is 77.2 Å². The fourth-order valence-electron chi connectivity index (χ4n) is 7.42. The van der Waals surface area contributed by atoms with Crippen molar-refractivity contribution in [1.29, 1.82) is 15.8 Å². The zero-order valence-corrected chi connectivity index (χ0v) is 26.7. The smallest absolute Gasteiger partial charge is 0.0998 e. The lowest BCUT2D eigenvalue weighted by molar-refractivity contribution is 1.18. The van der Waals surface area contributed by atoms with Crippen LogP contribution >= 0.6 is 0 Å². The van der Waals surface area contributed by atoms with E-state index in [-0.39, 0.29) is 0 Å². The number of para-hydroxylation sites is 3. The summed E-state index contributed by atoms with van der Waals surface area (Å²) in [6.45, 7) is 0. The minimum Gasteiger partial charge on any atom is -0.309 e. The zero-order chi connectivity index (χ0) is 33.8. The second kappa shape index (κ2) is 11.4. The molecule has 7 aromatic carbocycles. The maximum Gasteiger partial charge on any atom is 0.0998 e. The lowest BCUT2D eigenvalue weighted by atomic mass is 9.95. The van der Waals surface area contributed by atoms with Gasteiger partial charge in [0.25, 0.3) is 0 Å². The molecule has 0 fully saturated rings. The van der Waals surface area contributed by atoms with E-state index < -0.39 is 0 Å². The fourth-order valence-corrected chi connectivity index (χ4v) is 7.42. The summed E-state index contributed by atoms with van der Waals surface area (Å²) in [6.07, 6.45) is 0. The van der Waals surface area contributed by atoms with E-state index >= 15 is 0 Å². The third-order valence-corrected chi connectivity index (χ3v) is 9.60. The number of hydrogen-bond acceptors (Lipinski definition) is 3. The Morgan fingerprint density at radius 2 is 1.06 bits per heavy atom. The molecule has 9 rings (SSSR count). The lowest BCUT2D eigenvalue weighted by Gasteiger charge is -2.15. The van der Waals surface area contributed by atoms with Crippen molar-refractivity contribution in [2.24, 2.45) is 0 Å². The van der Waals surface area contributed by atoms with Crippen molar-refractivity contribution in [2.45, 2.75) is 0 Å². The molecule has 5 heteroatoms. The van der Waals surface area contributed by atoms with Crippen LogP contribution in [0.15, 0.2) is 152 Å². The average Bonchev–Trinajstić information content (AvgIpc) is 3.70. The van der Waals surface area contributed by atoms with Crippen LogP contribution in [0.2, 0.25) is 0 Å². The van der Waals surface area contributed by atoms with E-state index in [2.05, 4.69) is 100 Å². The molecule has 0 saturated heterocycles. The highest BCUT2D eigenvalue weighted by Crippen LogP contribution is 2.39. The summed E-state index contributed by atoms with van der Waals surface area (Å²) in [5, 5.41) is 33.8. The van der Waals surface area contributed by atoms with E-state index in [4.69, 9.17) is 0 Å². The van der Waals surface area contributed by atoms with Gasteiger partial charge in [0.15, 0.2) is 0 Å². The first kappa shape index (κ1) is 28.8. The van der Waals surface area contributed by atoms with Gasteiger partial charge in [-0.25, -0.2) is 0 Å². The minimum absolute atomic E-state index is 0.570. The first-order valence-corrected chi connectivity index (χ1v) is 16.3. The zero-order valence-electron chi connectivity index (χ0n) is 26.7. The third kappa shape index (κ3) is 4.38. The Labute approximate surface area is 287 Å². The third-order valence-electron chi connectivity index (χ3n) is 9.60. The number of nitriles is 3. The number of fused-ring (bicyclic) bond motifs is 6. The van der Waals surface area contributed by atoms with Crippen LogP contribution in [0.5, 0.6) is 0 Å². The molecule has 0 atom stereocenters. The van der Waals surface area contributed by atoms with Crippen molar-refractivity contribution in [3.8, 4) is 51.8 Å². The molecule has 0 unspecified atom stereocenters. The Hall–Kier alpha value is -7.39. The van der Waals surface area contributed by atoms with Gasteiger partial charge < -0.3 is 9.13 Å². The van der Waals surface area contributed by atoms with Crippen LogP contribution in [-0.4, -0.2) is 9.13 Å². The molecule has 0 amide bonds. The van der Waals surface area contributed by atoms with Crippen LogP contribution in [0.4, 0.5) is 0 Å². The summed E-state index contributed by atoms with van der Waals surface area (Å²) in [4.78, 5) is 0. The van der Waals surface area contributed by atoms with Crippen LogP contribution in [0, 0.1) is 34.0 Å². The van der Waals surface area contributed by atoms with Crippen molar-refractivity contribution in [3.05, 3.63) is 168 Å². The molecule has 0 aliphatic heterocycles. The topological polar surface area (TPSA) is 81.2 Å². The van der Waals surface area contributed by atoms with Crippen molar-refractivity contribution >= 4 is 43.6 Å². The average molecular weight is 636 g/mol. The van der Waals surface area contributed by atoms with E-state index in [1.54, 1.807) is 0 Å². The second-order valence-corrected chi connectivity index (χ2v) is 12.3. The molecule has 0 radical (unpaired) electrons. The summed E-state index contributed by atoms with van der Waals surface area (Å²) in [5.74, 6) is 0. The molecule has 0 aliphatic rings. The van der Waals surface area contributed by atoms with Crippen LogP contribution in [0.25, 0.3) is 77.2 Å². The molecule has 0 spiro atoms. The summed E-state index contributed by atoms with van der Waals surface area (Å²) >= 11 is 0. The SMILES string of the molecule is N#Cc1cc(-c2ccc(-n3c4ccccc4c4cc(C#N)ccc43)cc2)cc(-c2ccccc2-n2c3ccccc3c3c(C#N)cccc32)c1. The van der Waals surface area contributed by atoms with Crippen LogP contribution < -0.4 is 0 Å². The van der Waals surface area contributed by atoms with E-state index in [1.807, 2.05) is 78.9 Å². The fraction of sp³-hybridized carbons (Fsp3) is 0. The number of aromatic nitrogens is 2. The van der Waals surface area contributed by atoms with Gasteiger partial charge >= 0.3 is 0 Å². The van der Waals surface area contributed by atoms with Crippen LogP contribution in [0.3, 0.4) is 0 Å². The van der Waals surface area contributed by atoms with Gasteiger partial charge in [0.05, 0.1) is 62.7 Å². The molecule has 2 heterocycles. The van der Waals surface area contributed by atoms with E-state index in [9.17, 15) is 15.8 Å². The molecule has 0 saturated carbocycles. The van der Waals surface area contributed by atoms with Gasteiger partial charge in [0, 0.05) is 32.8 Å². The summed E-state index contributed by atoms with van der Waals surface area (Å²) in [6, 6.07) is 57.8. The largest absolute Gasteiger partial charge is 0.309 e. The van der Waals surface area contributed by atoms with E-state index in [1.165, 1.54) is 0 Å². The second-order valence-electron chi connectivity index (χ2n) is 12.3.